The summed E-state index contributed by atoms with van der Waals surface area (Å²) >= 11 is 5.75. The Morgan fingerprint density at radius 2 is 2.00 bits per heavy atom. The molecule has 0 fully saturated rings. The minimum absolute atomic E-state index is 0.224. The zero-order chi connectivity index (χ0) is 11.8. The molecule has 1 aromatic carbocycles. The van der Waals surface area contributed by atoms with Crippen molar-refractivity contribution in [3.05, 3.63) is 34.9 Å². The molecule has 0 atom stereocenters. The number of hydrogen-bond donors (Lipinski definition) is 0. The largest absolute Gasteiger partial charge is 0.466 e. The molecule has 0 spiro atoms. The van der Waals surface area contributed by atoms with Crippen LogP contribution in [-0.2, 0) is 20.9 Å². The predicted molar refractivity (Wildman–Crippen MR) is 62.4 cm³/mol. The van der Waals surface area contributed by atoms with Crippen molar-refractivity contribution < 1.29 is 14.3 Å². The Kier molecular flexibility index (Phi) is 5.90. The maximum absolute atomic E-state index is 11.0. The summed E-state index contributed by atoms with van der Waals surface area (Å²) in [6, 6.07) is 7.41. The van der Waals surface area contributed by atoms with Crippen LogP contribution in [0.5, 0.6) is 0 Å². The van der Waals surface area contributed by atoms with Crippen LogP contribution in [0.25, 0.3) is 0 Å². The Hall–Kier alpha value is -1.06. The molecule has 88 valence electrons. The van der Waals surface area contributed by atoms with Gasteiger partial charge in [-0.15, -0.1) is 0 Å². The van der Waals surface area contributed by atoms with Crippen LogP contribution in [0, 0.1) is 0 Å². The molecule has 0 bridgehead atoms. The van der Waals surface area contributed by atoms with Crippen molar-refractivity contribution in [3.8, 4) is 0 Å². The monoisotopic (exact) mass is 242 g/mol. The first-order valence-corrected chi connectivity index (χ1v) is 5.58. The third-order valence-corrected chi connectivity index (χ3v) is 2.19. The van der Waals surface area contributed by atoms with E-state index in [1.54, 1.807) is 6.92 Å². The van der Waals surface area contributed by atoms with E-state index < -0.39 is 0 Å². The first-order chi connectivity index (χ1) is 7.72. The second-order valence-electron chi connectivity index (χ2n) is 3.23. The fraction of sp³-hybridized carbons (Fsp3) is 0.417. The van der Waals surface area contributed by atoms with E-state index in [4.69, 9.17) is 21.1 Å². The molecule has 1 aromatic rings. The Morgan fingerprint density at radius 3 is 2.62 bits per heavy atom. The maximum atomic E-state index is 11.0. The molecule has 0 radical (unpaired) electrons. The van der Waals surface area contributed by atoms with Gasteiger partial charge in [0, 0.05) is 5.02 Å². The second-order valence-corrected chi connectivity index (χ2v) is 3.67. The lowest BCUT2D eigenvalue weighted by Gasteiger charge is -2.04. The lowest BCUT2D eigenvalue weighted by atomic mass is 10.2. The van der Waals surface area contributed by atoms with E-state index in [1.165, 1.54) is 0 Å². The average Bonchev–Trinajstić information content (AvgIpc) is 2.27. The van der Waals surface area contributed by atoms with Crippen LogP contribution in [0.3, 0.4) is 0 Å². The highest BCUT2D eigenvalue weighted by molar-refractivity contribution is 6.30. The Balaban J connectivity index is 2.16. The van der Waals surface area contributed by atoms with Crippen LogP contribution in [0.15, 0.2) is 24.3 Å². The summed E-state index contributed by atoms with van der Waals surface area (Å²) in [7, 11) is 0. The van der Waals surface area contributed by atoms with Gasteiger partial charge in [0.2, 0.25) is 0 Å². The molecule has 0 amide bonds. The van der Waals surface area contributed by atoms with Gasteiger partial charge in [-0.3, -0.25) is 4.79 Å². The van der Waals surface area contributed by atoms with Gasteiger partial charge in [0.1, 0.15) is 0 Å². The van der Waals surface area contributed by atoms with E-state index in [-0.39, 0.29) is 5.97 Å². The number of rotatable bonds is 6. The molecular formula is C12H15ClO3. The summed E-state index contributed by atoms with van der Waals surface area (Å²) < 4.78 is 10.1. The van der Waals surface area contributed by atoms with Crippen molar-refractivity contribution in [2.24, 2.45) is 0 Å². The van der Waals surface area contributed by atoms with Crippen molar-refractivity contribution >= 4 is 17.6 Å². The Bertz CT molecular complexity index is 322. The topological polar surface area (TPSA) is 35.5 Å². The number of halogens is 1. The van der Waals surface area contributed by atoms with E-state index in [1.807, 2.05) is 24.3 Å². The summed E-state index contributed by atoms with van der Waals surface area (Å²) in [4.78, 5) is 11.0. The lowest BCUT2D eigenvalue weighted by molar-refractivity contribution is -0.144. The standard InChI is InChI=1S/C12H15ClO3/c1-2-16-12(14)7-8-15-9-10-3-5-11(13)6-4-10/h3-6H,2,7-9H2,1H3. The fourth-order valence-electron chi connectivity index (χ4n) is 1.16. The Morgan fingerprint density at radius 1 is 1.31 bits per heavy atom. The summed E-state index contributed by atoms with van der Waals surface area (Å²) in [5.41, 5.74) is 1.04. The molecule has 16 heavy (non-hydrogen) atoms. The van der Waals surface area contributed by atoms with Gasteiger partial charge in [0.15, 0.2) is 0 Å². The molecule has 0 aliphatic rings. The fourth-order valence-corrected chi connectivity index (χ4v) is 1.29. The summed E-state index contributed by atoms with van der Waals surface area (Å²) in [5.74, 6) is -0.224. The molecule has 0 heterocycles. The first-order valence-electron chi connectivity index (χ1n) is 5.20. The van der Waals surface area contributed by atoms with Crippen LogP contribution >= 0.6 is 11.6 Å². The highest BCUT2D eigenvalue weighted by Gasteiger charge is 2.01. The third-order valence-electron chi connectivity index (χ3n) is 1.94. The van der Waals surface area contributed by atoms with Gasteiger partial charge in [-0.05, 0) is 24.6 Å². The second kappa shape index (κ2) is 7.25. The van der Waals surface area contributed by atoms with Crippen LogP contribution < -0.4 is 0 Å². The molecule has 3 nitrogen and oxygen atoms in total. The number of ether oxygens (including phenoxy) is 2. The normalized spacial score (nSPS) is 10.1. The molecule has 0 N–H and O–H groups in total. The van der Waals surface area contributed by atoms with E-state index in [2.05, 4.69) is 0 Å². The molecule has 0 unspecified atom stereocenters. The van der Waals surface area contributed by atoms with E-state index in [0.717, 1.165) is 5.56 Å². The number of carbonyl (C=O) groups excluding carboxylic acids is 1. The average molecular weight is 243 g/mol. The molecule has 0 saturated carbocycles. The Labute approximate surface area is 100 Å². The van der Waals surface area contributed by atoms with Gasteiger partial charge in [-0.2, -0.15) is 0 Å². The molecule has 1 rings (SSSR count). The molecule has 0 saturated heterocycles. The van der Waals surface area contributed by atoms with Crippen molar-refractivity contribution in [1.29, 1.82) is 0 Å². The third kappa shape index (κ3) is 5.14. The van der Waals surface area contributed by atoms with Gasteiger partial charge in [0.25, 0.3) is 0 Å². The summed E-state index contributed by atoms with van der Waals surface area (Å²) in [6.07, 6.45) is 0.293. The van der Waals surface area contributed by atoms with Gasteiger partial charge >= 0.3 is 5.97 Å². The van der Waals surface area contributed by atoms with Gasteiger partial charge in [0.05, 0.1) is 26.2 Å². The van der Waals surface area contributed by atoms with Gasteiger partial charge in [-0.1, -0.05) is 23.7 Å². The quantitative estimate of drug-likeness (QED) is 0.568. The van der Waals surface area contributed by atoms with E-state index in [9.17, 15) is 4.79 Å². The van der Waals surface area contributed by atoms with E-state index >= 15 is 0 Å². The number of benzene rings is 1. The highest BCUT2D eigenvalue weighted by atomic mass is 35.5. The number of esters is 1. The molecule has 0 aromatic heterocycles. The summed E-state index contributed by atoms with van der Waals surface area (Å²) in [5, 5.41) is 0.704. The molecule has 4 heteroatoms. The summed E-state index contributed by atoms with van der Waals surface area (Å²) in [6.45, 7) is 3.06. The van der Waals surface area contributed by atoms with Crippen molar-refractivity contribution in [2.45, 2.75) is 20.0 Å². The van der Waals surface area contributed by atoms with Gasteiger partial charge in [-0.25, -0.2) is 0 Å². The predicted octanol–water partition coefficient (Wildman–Crippen LogP) is 2.81. The SMILES string of the molecule is CCOC(=O)CCOCc1ccc(Cl)cc1. The zero-order valence-corrected chi connectivity index (χ0v) is 10.00. The van der Waals surface area contributed by atoms with Crippen molar-refractivity contribution in [1.82, 2.24) is 0 Å². The molecular weight excluding hydrogens is 228 g/mol. The van der Waals surface area contributed by atoms with Crippen molar-refractivity contribution in [2.75, 3.05) is 13.2 Å². The minimum Gasteiger partial charge on any atom is -0.466 e. The van der Waals surface area contributed by atoms with Crippen LogP contribution in [-0.4, -0.2) is 19.2 Å². The van der Waals surface area contributed by atoms with Crippen LogP contribution in [0.1, 0.15) is 18.9 Å². The van der Waals surface area contributed by atoms with Crippen LogP contribution in [0.2, 0.25) is 5.02 Å². The molecule has 0 aliphatic heterocycles. The number of carbonyl (C=O) groups is 1. The minimum atomic E-state index is -0.224. The maximum Gasteiger partial charge on any atom is 0.308 e. The van der Waals surface area contributed by atoms with E-state index in [0.29, 0.717) is 31.3 Å². The number of hydrogen-bond acceptors (Lipinski definition) is 3. The lowest BCUT2D eigenvalue weighted by Crippen LogP contribution is -2.08. The molecule has 0 aliphatic carbocycles. The highest BCUT2D eigenvalue weighted by Crippen LogP contribution is 2.10. The van der Waals surface area contributed by atoms with Crippen LogP contribution in [0.4, 0.5) is 0 Å². The first kappa shape index (κ1) is 13.0. The zero-order valence-electron chi connectivity index (χ0n) is 9.24. The van der Waals surface area contributed by atoms with Crippen molar-refractivity contribution in [3.63, 3.8) is 0 Å². The van der Waals surface area contributed by atoms with Gasteiger partial charge < -0.3 is 9.47 Å². The smallest absolute Gasteiger partial charge is 0.308 e.